The van der Waals surface area contributed by atoms with E-state index in [2.05, 4.69) is 27.6 Å². The van der Waals surface area contributed by atoms with Crippen molar-refractivity contribution in [2.75, 3.05) is 30.5 Å². The highest BCUT2D eigenvalue weighted by atomic mass is 16.5. The second kappa shape index (κ2) is 7.25. The number of nitrogens with two attached hydrogens (primary N) is 1. The van der Waals surface area contributed by atoms with E-state index in [4.69, 9.17) is 10.6 Å². The second-order valence-electron chi connectivity index (χ2n) is 4.89. The molecule has 1 aliphatic rings. The molecule has 6 nitrogen and oxygen atoms in total. The Morgan fingerprint density at radius 1 is 1.42 bits per heavy atom. The van der Waals surface area contributed by atoms with Crippen molar-refractivity contribution >= 4 is 11.6 Å². The van der Waals surface area contributed by atoms with Crippen LogP contribution in [0.3, 0.4) is 0 Å². The molecule has 1 aliphatic heterocycles. The molecule has 1 saturated heterocycles. The molecule has 0 saturated carbocycles. The van der Waals surface area contributed by atoms with E-state index in [1.165, 1.54) is 12.7 Å². The van der Waals surface area contributed by atoms with Crippen LogP contribution in [-0.4, -0.2) is 29.7 Å². The summed E-state index contributed by atoms with van der Waals surface area (Å²) >= 11 is 0. The van der Waals surface area contributed by atoms with Crippen LogP contribution in [0.5, 0.6) is 0 Å². The van der Waals surface area contributed by atoms with Gasteiger partial charge in [-0.3, -0.25) is 0 Å². The first-order valence-electron chi connectivity index (χ1n) is 6.97. The van der Waals surface area contributed by atoms with E-state index >= 15 is 0 Å². The normalized spacial score (nSPS) is 18.5. The molecule has 1 unspecified atom stereocenters. The minimum atomic E-state index is 0.677. The van der Waals surface area contributed by atoms with E-state index in [0.717, 1.165) is 50.4 Å². The maximum absolute atomic E-state index is 5.49. The number of hydrogen-bond donors (Lipinski definition) is 3. The van der Waals surface area contributed by atoms with Crippen LogP contribution in [0.4, 0.5) is 11.6 Å². The summed E-state index contributed by atoms with van der Waals surface area (Å²) in [5, 5.41) is 3.40. The Morgan fingerprint density at radius 2 is 2.26 bits per heavy atom. The molecule has 1 fully saturated rings. The van der Waals surface area contributed by atoms with Crippen LogP contribution in [-0.2, 0) is 11.2 Å². The zero-order chi connectivity index (χ0) is 13.5. The molecule has 19 heavy (non-hydrogen) atoms. The number of ether oxygens (including phenoxy) is 1. The molecular weight excluding hydrogens is 242 g/mol. The number of hydrogen-bond acceptors (Lipinski definition) is 6. The smallest absolute Gasteiger partial charge is 0.148 e. The van der Waals surface area contributed by atoms with Gasteiger partial charge in [0.2, 0.25) is 0 Å². The van der Waals surface area contributed by atoms with Crippen molar-refractivity contribution in [1.29, 1.82) is 0 Å². The number of anilines is 2. The average Bonchev–Trinajstić information content (AvgIpc) is 2.94. The Balaban J connectivity index is 1.94. The molecule has 1 aromatic rings. The molecular formula is C13H23N5O. The van der Waals surface area contributed by atoms with Crippen molar-refractivity contribution < 1.29 is 4.74 Å². The number of rotatable bonds is 7. The van der Waals surface area contributed by atoms with Gasteiger partial charge in [0.15, 0.2) is 0 Å². The molecule has 6 heteroatoms. The van der Waals surface area contributed by atoms with Gasteiger partial charge in [0.1, 0.15) is 18.0 Å². The summed E-state index contributed by atoms with van der Waals surface area (Å²) in [5.74, 6) is 7.77. The predicted molar refractivity (Wildman–Crippen MR) is 75.9 cm³/mol. The molecule has 0 aromatic carbocycles. The van der Waals surface area contributed by atoms with Crippen molar-refractivity contribution in [2.24, 2.45) is 11.8 Å². The van der Waals surface area contributed by atoms with Crippen molar-refractivity contribution in [1.82, 2.24) is 9.97 Å². The lowest BCUT2D eigenvalue weighted by Crippen LogP contribution is -2.16. The topological polar surface area (TPSA) is 85.1 Å². The summed E-state index contributed by atoms with van der Waals surface area (Å²) in [6.45, 7) is 4.84. The van der Waals surface area contributed by atoms with E-state index in [-0.39, 0.29) is 0 Å². The summed E-state index contributed by atoms with van der Waals surface area (Å²) < 4.78 is 5.38. The fourth-order valence-corrected chi connectivity index (χ4v) is 2.38. The zero-order valence-electron chi connectivity index (χ0n) is 11.5. The average molecular weight is 265 g/mol. The minimum absolute atomic E-state index is 0.677. The van der Waals surface area contributed by atoms with Crippen LogP contribution in [0.1, 0.15) is 31.7 Å². The SMILES string of the molecule is CCCc1c(NN)ncnc1NCCC1CCOC1. The first-order chi connectivity index (χ1) is 9.35. The van der Waals surface area contributed by atoms with E-state index in [9.17, 15) is 0 Å². The Kier molecular flexibility index (Phi) is 5.35. The molecule has 0 spiro atoms. The molecule has 1 atom stereocenters. The minimum Gasteiger partial charge on any atom is -0.381 e. The van der Waals surface area contributed by atoms with Crippen LogP contribution < -0.4 is 16.6 Å². The van der Waals surface area contributed by atoms with Gasteiger partial charge in [0.25, 0.3) is 0 Å². The maximum atomic E-state index is 5.49. The van der Waals surface area contributed by atoms with Crippen molar-refractivity contribution in [3.8, 4) is 0 Å². The Morgan fingerprint density at radius 3 is 2.95 bits per heavy atom. The van der Waals surface area contributed by atoms with Gasteiger partial charge in [-0.2, -0.15) is 0 Å². The van der Waals surface area contributed by atoms with Crippen molar-refractivity contribution in [3.63, 3.8) is 0 Å². The van der Waals surface area contributed by atoms with Gasteiger partial charge in [-0.05, 0) is 25.2 Å². The second-order valence-corrected chi connectivity index (χ2v) is 4.89. The quantitative estimate of drug-likeness (QED) is 0.512. The van der Waals surface area contributed by atoms with E-state index in [1.54, 1.807) is 0 Å². The molecule has 1 aromatic heterocycles. The summed E-state index contributed by atoms with van der Waals surface area (Å²) in [6, 6.07) is 0. The predicted octanol–water partition coefficient (Wildman–Crippen LogP) is 1.55. The Hall–Kier alpha value is -1.40. The third-order valence-corrected chi connectivity index (χ3v) is 3.45. The summed E-state index contributed by atoms with van der Waals surface area (Å²) in [5.41, 5.74) is 3.71. The van der Waals surface area contributed by atoms with E-state index in [0.29, 0.717) is 11.7 Å². The van der Waals surface area contributed by atoms with Crippen molar-refractivity contribution in [3.05, 3.63) is 11.9 Å². The molecule has 0 radical (unpaired) electrons. The summed E-state index contributed by atoms with van der Waals surface area (Å²) in [7, 11) is 0. The number of hydrazine groups is 1. The third-order valence-electron chi connectivity index (χ3n) is 3.45. The van der Waals surface area contributed by atoms with Crippen LogP contribution in [0.25, 0.3) is 0 Å². The molecule has 4 N–H and O–H groups in total. The summed E-state index contributed by atoms with van der Waals surface area (Å²) in [6.07, 6.45) is 5.77. The number of nitrogens with zero attached hydrogens (tertiary/aromatic N) is 2. The first-order valence-corrected chi connectivity index (χ1v) is 6.97. The zero-order valence-corrected chi connectivity index (χ0v) is 11.5. The highest BCUT2D eigenvalue weighted by molar-refractivity contribution is 5.56. The van der Waals surface area contributed by atoms with Crippen LogP contribution in [0, 0.1) is 5.92 Å². The molecule has 2 heterocycles. The highest BCUT2D eigenvalue weighted by Gasteiger charge is 2.15. The number of nitrogen functional groups attached to an aromatic ring is 1. The van der Waals surface area contributed by atoms with Crippen molar-refractivity contribution in [2.45, 2.75) is 32.6 Å². The summed E-state index contributed by atoms with van der Waals surface area (Å²) in [4.78, 5) is 8.48. The van der Waals surface area contributed by atoms with Gasteiger partial charge < -0.3 is 15.5 Å². The van der Waals surface area contributed by atoms with E-state index < -0.39 is 0 Å². The molecule has 0 aliphatic carbocycles. The van der Waals surface area contributed by atoms with Crippen LogP contribution in [0.2, 0.25) is 0 Å². The molecule has 2 rings (SSSR count). The van der Waals surface area contributed by atoms with Gasteiger partial charge in [-0.25, -0.2) is 15.8 Å². The highest BCUT2D eigenvalue weighted by Crippen LogP contribution is 2.22. The van der Waals surface area contributed by atoms with Crippen LogP contribution in [0.15, 0.2) is 6.33 Å². The molecule has 0 amide bonds. The monoisotopic (exact) mass is 265 g/mol. The van der Waals surface area contributed by atoms with E-state index in [1.807, 2.05) is 0 Å². The molecule has 106 valence electrons. The number of aromatic nitrogens is 2. The standard InChI is InChI=1S/C13H23N5O/c1-2-3-11-12(16-9-17-13(11)18-14)15-6-4-10-5-7-19-8-10/h9-10H,2-8,14H2,1H3,(H2,15,16,17,18). The Labute approximate surface area is 114 Å². The maximum Gasteiger partial charge on any atom is 0.148 e. The van der Waals surface area contributed by atoms with Gasteiger partial charge in [0, 0.05) is 25.3 Å². The lowest BCUT2D eigenvalue weighted by molar-refractivity contribution is 0.185. The fourth-order valence-electron chi connectivity index (χ4n) is 2.38. The van der Waals surface area contributed by atoms with Gasteiger partial charge in [0.05, 0.1) is 0 Å². The first kappa shape index (κ1) is 14.0. The van der Waals surface area contributed by atoms with Gasteiger partial charge >= 0.3 is 0 Å². The Bertz CT molecular complexity index is 393. The molecule has 0 bridgehead atoms. The van der Waals surface area contributed by atoms with Crippen LogP contribution >= 0.6 is 0 Å². The number of nitrogens with one attached hydrogen (secondary N) is 2. The lowest BCUT2D eigenvalue weighted by Gasteiger charge is -2.14. The van der Waals surface area contributed by atoms with Gasteiger partial charge in [-0.1, -0.05) is 13.3 Å². The third kappa shape index (κ3) is 3.78. The van der Waals surface area contributed by atoms with Gasteiger partial charge in [-0.15, -0.1) is 0 Å². The largest absolute Gasteiger partial charge is 0.381 e. The fraction of sp³-hybridized carbons (Fsp3) is 0.692. The lowest BCUT2D eigenvalue weighted by atomic mass is 10.1.